The van der Waals surface area contributed by atoms with Crippen LogP contribution < -0.4 is 10.6 Å². The molecule has 4 nitrogen and oxygen atoms in total. The largest absolute Gasteiger partial charge is 0.444 e. The van der Waals surface area contributed by atoms with Crippen molar-refractivity contribution in [2.75, 3.05) is 0 Å². The monoisotopic (exact) mass is 322 g/mol. The van der Waals surface area contributed by atoms with Gasteiger partial charge in [-0.25, -0.2) is 9.18 Å². The highest BCUT2D eigenvalue weighted by atomic mass is 19.1. The van der Waals surface area contributed by atoms with Gasteiger partial charge in [0, 0.05) is 18.6 Å². The van der Waals surface area contributed by atoms with Crippen molar-refractivity contribution in [3.63, 3.8) is 0 Å². The van der Waals surface area contributed by atoms with E-state index in [9.17, 15) is 9.18 Å². The molecule has 0 heterocycles. The van der Waals surface area contributed by atoms with Crippen LogP contribution in [-0.2, 0) is 11.3 Å². The second kappa shape index (κ2) is 7.30. The number of amides is 1. The van der Waals surface area contributed by atoms with Crippen LogP contribution in [0, 0.1) is 12.7 Å². The molecule has 0 spiro atoms. The summed E-state index contributed by atoms with van der Waals surface area (Å²) in [5, 5.41) is 6.37. The predicted molar refractivity (Wildman–Crippen MR) is 88.8 cm³/mol. The zero-order chi connectivity index (χ0) is 17.0. The average Bonchev–Trinajstić information content (AvgIpc) is 2.85. The Balaban J connectivity index is 1.86. The molecule has 0 aliphatic heterocycles. The smallest absolute Gasteiger partial charge is 0.407 e. The summed E-state index contributed by atoms with van der Waals surface area (Å²) in [4.78, 5) is 11.9. The van der Waals surface area contributed by atoms with Crippen LogP contribution in [0.3, 0.4) is 0 Å². The molecule has 0 radical (unpaired) electrons. The molecule has 1 aromatic rings. The van der Waals surface area contributed by atoms with Crippen molar-refractivity contribution in [3.8, 4) is 0 Å². The van der Waals surface area contributed by atoms with E-state index < -0.39 is 5.60 Å². The van der Waals surface area contributed by atoms with Gasteiger partial charge < -0.3 is 15.4 Å². The number of benzene rings is 1. The van der Waals surface area contributed by atoms with E-state index in [-0.39, 0.29) is 24.0 Å². The Hall–Kier alpha value is -1.62. The summed E-state index contributed by atoms with van der Waals surface area (Å²) in [5.74, 6) is -0.181. The summed E-state index contributed by atoms with van der Waals surface area (Å²) < 4.78 is 18.9. The lowest BCUT2D eigenvalue weighted by atomic mass is 10.1. The molecule has 1 fully saturated rings. The van der Waals surface area contributed by atoms with Gasteiger partial charge in [0.2, 0.25) is 0 Å². The first-order chi connectivity index (χ1) is 10.7. The fraction of sp³-hybridized carbons (Fsp3) is 0.611. The van der Waals surface area contributed by atoms with Crippen molar-refractivity contribution in [2.24, 2.45) is 0 Å². The molecule has 1 aromatic carbocycles. The van der Waals surface area contributed by atoms with Crippen LogP contribution in [0.1, 0.15) is 51.2 Å². The standard InChI is InChI=1S/C18H27FN2O2/c1-12-8-9-13(10-14(12)19)11-20-15-6-5-7-16(15)21-17(22)23-18(2,3)4/h8-10,15-16,20H,5-7,11H2,1-4H3,(H,21,22). The Bertz CT molecular complexity index is 554. The molecule has 1 amide bonds. The Kier molecular flexibility index (Phi) is 5.63. The molecular weight excluding hydrogens is 295 g/mol. The van der Waals surface area contributed by atoms with Gasteiger partial charge in [0.25, 0.3) is 0 Å². The van der Waals surface area contributed by atoms with Gasteiger partial charge in [-0.05, 0) is 64.2 Å². The number of alkyl carbamates (subject to hydrolysis) is 1. The molecule has 1 aliphatic carbocycles. The normalized spacial score (nSPS) is 21.3. The van der Waals surface area contributed by atoms with Crippen molar-refractivity contribution in [1.82, 2.24) is 10.6 Å². The third-order valence-corrected chi connectivity index (χ3v) is 4.02. The SMILES string of the molecule is Cc1ccc(CNC2CCCC2NC(=O)OC(C)(C)C)cc1F. The molecule has 1 aliphatic rings. The Morgan fingerprint density at radius 2 is 2.00 bits per heavy atom. The molecule has 0 saturated heterocycles. The highest BCUT2D eigenvalue weighted by Crippen LogP contribution is 2.20. The van der Waals surface area contributed by atoms with Crippen molar-refractivity contribution >= 4 is 6.09 Å². The van der Waals surface area contributed by atoms with Crippen LogP contribution in [0.25, 0.3) is 0 Å². The van der Waals surface area contributed by atoms with E-state index in [2.05, 4.69) is 10.6 Å². The predicted octanol–water partition coefficient (Wildman–Crippen LogP) is 3.67. The molecule has 2 atom stereocenters. The van der Waals surface area contributed by atoms with Crippen molar-refractivity contribution in [1.29, 1.82) is 0 Å². The van der Waals surface area contributed by atoms with E-state index in [1.807, 2.05) is 26.8 Å². The first-order valence-electron chi connectivity index (χ1n) is 8.22. The molecule has 5 heteroatoms. The minimum absolute atomic E-state index is 0.0557. The number of rotatable bonds is 4. The van der Waals surface area contributed by atoms with E-state index in [0.717, 1.165) is 24.8 Å². The first-order valence-corrected chi connectivity index (χ1v) is 8.22. The van der Waals surface area contributed by atoms with Gasteiger partial charge in [-0.3, -0.25) is 0 Å². The van der Waals surface area contributed by atoms with Gasteiger partial charge in [0.05, 0.1) is 0 Å². The number of halogens is 1. The topological polar surface area (TPSA) is 50.4 Å². The summed E-state index contributed by atoms with van der Waals surface area (Å²) in [6, 6.07) is 5.52. The summed E-state index contributed by atoms with van der Waals surface area (Å²) in [5.41, 5.74) is 1.07. The highest BCUT2D eigenvalue weighted by molar-refractivity contribution is 5.68. The quantitative estimate of drug-likeness (QED) is 0.889. The zero-order valence-corrected chi connectivity index (χ0v) is 14.4. The van der Waals surface area contributed by atoms with Gasteiger partial charge >= 0.3 is 6.09 Å². The maximum absolute atomic E-state index is 13.6. The zero-order valence-electron chi connectivity index (χ0n) is 14.4. The highest BCUT2D eigenvalue weighted by Gasteiger charge is 2.29. The summed E-state index contributed by atoms with van der Waals surface area (Å²) in [6.07, 6.45) is 2.60. The number of carbonyl (C=O) groups is 1. The first kappa shape index (κ1) is 17.7. The summed E-state index contributed by atoms with van der Waals surface area (Å²) in [7, 11) is 0. The Morgan fingerprint density at radius 3 is 2.65 bits per heavy atom. The number of nitrogens with one attached hydrogen (secondary N) is 2. The van der Waals surface area contributed by atoms with Gasteiger partial charge in [0.15, 0.2) is 0 Å². The van der Waals surface area contributed by atoms with Crippen LogP contribution in [0.5, 0.6) is 0 Å². The fourth-order valence-corrected chi connectivity index (χ4v) is 2.83. The summed E-state index contributed by atoms with van der Waals surface area (Å²) in [6.45, 7) is 7.90. The molecule has 0 aromatic heterocycles. The third-order valence-electron chi connectivity index (χ3n) is 4.02. The van der Waals surface area contributed by atoms with Gasteiger partial charge in [-0.15, -0.1) is 0 Å². The lowest BCUT2D eigenvalue weighted by Crippen LogP contribution is -2.47. The molecule has 23 heavy (non-hydrogen) atoms. The molecular formula is C18H27FN2O2. The molecule has 0 bridgehead atoms. The van der Waals surface area contributed by atoms with E-state index in [4.69, 9.17) is 4.74 Å². The van der Waals surface area contributed by atoms with E-state index in [1.165, 1.54) is 0 Å². The fourth-order valence-electron chi connectivity index (χ4n) is 2.83. The van der Waals surface area contributed by atoms with Gasteiger partial charge in [0.1, 0.15) is 11.4 Å². The number of carbonyl (C=O) groups excluding carboxylic acids is 1. The van der Waals surface area contributed by atoms with Crippen LogP contribution in [-0.4, -0.2) is 23.8 Å². The number of hydrogen-bond donors (Lipinski definition) is 2. The molecule has 2 unspecified atom stereocenters. The van der Waals surface area contributed by atoms with Crippen molar-refractivity contribution < 1.29 is 13.9 Å². The van der Waals surface area contributed by atoms with Gasteiger partial charge in [-0.2, -0.15) is 0 Å². The molecule has 2 rings (SSSR count). The van der Waals surface area contributed by atoms with Crippen molar-refractivity contribution in [3.05, 3.63) is 35.1 Å². The second-order valence-electron chi connectivity index (χ2n) is 7.25. The van der Waals surface area contributed by atoms with E-state index in [1.54, 1.807) is 19.1 Å². The van der Waals surface area contributed by atoms with Crippen LogP contribution >= 0.6 is 0 Å². The van der Waals surface area contributed by atoms with Crippen LogP contribution in [0.2, 0.25) is 0 Å². The van der Waals surface area contributed by atoms with E-state index >= 15 is 0 Å². The summed E-state index contributed by atoms with van der Waals surface area (Å²) >= 11 is 0. The number of ether oxygens (including phenoxy) is 1. The number of aryl methyl sites for hydroxylation is 1. The maximum Gasteiger partial charge on any atom is 0.407 e. The van der Waals surface area contributed by atoms with Crippen LogP contribution in [0.15, 0.2) is 18.2 Å². The number of hydrogen-bond acceptors (Lipinski definition) is 3. The minimum atomic E-state index is -0.495. The van der Waals surface area contributed by atoms with Crippen molar-refractivity contribution in [2.45, 2.75) is 71.2 Å². The van der Waals surface area contributed by atoms with Gasteiger partial charge in [-0.1, -0.05) is 12.1 Å². The third kappa shape index (κ3) is 5.50. The maximum atomic E-state index is 13.6. The average molecular weight is 322 g/mol. The minimum Gasteiger partial charge on any atom is -0.444 e. The Labute approximate surface area is 137 Å². The lowest BCUT2D eigenvalue weighted by Gasteiger charge is -2.25. The van der Waals surface area contributed by atoms with E-state index in [0.29, 0.717) is 12.1 Å². The molecule has 128 valence electrons. The second-order valence-corrected chi connectivity index (χ2v) is 7.25. The molecule has 2 N–H and O–H groups in total. The Morgan fingerprint density at radius 1 is 1.30 bits per heavy atom. The van der Waals surface area contributed by atoms with Crippen LogP contribution in [0.4, 0.5) is 9.18 Å². The lowest BCUT2D eigenvalue weighted by molar-refractivity contribution is 0.0498. The molecule has 1 saturated carbocycles.